The maximum Gasteiger partial charge on any atom is 0.302 e. The average Bonchev–Trinajstić information content (AvgIpc) is 2.02. The number of ether oxygens (including phenoxy) is 1. The van der Waals surface area contributed by atoms with Gasteiger partial charge in [0.15, 0.2) is 0 Å². The van der Waals surface area contributed by atoms with E-state index in [-0.39, 0.29) is 5.97 Å². The summed E-state index contributed by atoms with van der Waals surface area (Å²) in [6.45, 7) is 1.68. The van der Waals surface area contributed by atoms with Gasteiger partial charge in [0.05, 0.1) is 0 Å². The van der Waals surface area contributed by atoms with Crippen LogP contribution in [0.15, 0.2) is 35.9 Å². The first-order chi connectivity index (χ1) is 5.77. The molecule has 0 aliphatic rings. The highest BCUT2D eigenvalue weighted by molar-refractivity contribution is 6.25. The van der Waals surface area contributed by atoms with Crippen molar-refractivity contribution >= 4 is 17.6 Å². The molecule has 0 bridgehead atoms. The lowest BCUT2D eigenvalue weighted by molar-refractivity contribution is -0.139. The van der Waals surface area contributed by atoms with Crippen LogP contribution in [-0.4, -0.2) is 12.6 Å². The standard InChI is InChI=1S/C9H11ClO2/c1-9(11)12-8-6-4-2-3-5-7-10/h2-7H,8H2,1H3/b3-2+,6-4+,7-5-. The Balaban J connectivity index is 3.43. The van der Waals surface area contributed by atoms with Gasteiger partial charge in [0.2, 0.25) is 0 Å². The highest BCUT2D eigenvalue weighted by atomic mass is 35.5. The van der Waals surface area contributed by atoms with E-state index in [1.165, 1.54) is 12.5 Å². The SMILES string of the molecule is CC(=O)OC/C=C/C=C/C=C\Cl. The van der Waals surface area contributed by atoms with E-state index in [1.54, 1.807) is 30.4 Å². The number of hydrogen-bond donors (Lipinski definition) is 0. The number of carbonyl (C=O) groups is 1. The van der Waals surface area contributed by atoms with Gasteiger partial charge in [0.25, 0.3) is 0 Å². The molecule has 0 aromatic heterocycles. The van der Waals surface area contributed by atoms with Crippen LogP contribution in [-0.2, 0) is 9.53 Å². The average molecular weight is 187 g/mol. The molecule has 0 saturated carbocycles. The van der Waals surface area contributed by atoms with Gasteiger partial charge in [-0.2, -0.15) is 0 Å². The van der Waals surface area contributed by atoms with E-state index in [9.17, 15) is 4.79 Å². The molecule has 0 amide bonds. The van der Waals surface area contributed by atoms with Crippen molar-refractivity contribution in [1.29, 1.82) is 0 Å². The fourth-order valence-corrected chi connectivity index (χ4v) is 0.554. The zero-order chi connectivity index (χ0) is 9.23. The van der Waals surface area contributed by atoms with Gasteiger partial charge in [0, 0.05) is 12.5 Å². The summed E-state index contributed by atoms with van der Waals surface area (Å²) >= 11 is 5.26. The van der Waals surface area contributed by atoms with E-state index in [0.717, 1.165) is 0 Å². The maximum absolute atomic E-state index is 10.3. The number of rotatable bonds is 4. The molecule has 0 aliphatic carbocycles. The smallest absolute Gasteiger partial charge is 0.302 e. The van der Waals surface area contributed by atoms with E-state index < -0.39 is 0 Å². The fourth-order valence-electron chi connectivity index (χ4n) is 0.470. The molecular weight excluding hydrogens is 176 g/mol. The van der Waals surface area contributed by atoms with Crippen LogP contribution >= 0.6 is 11.6 Å². The van der Waals surface area contributed by atoms with Crippen molar-refractivity contribution in [1.82, 2.24) is 0 Å². The van der Waals surface area contributed by atoms with Crippen LogP contribution in [0.3, 0.4) is 0 Å². The zero-order valence-corrected chi connectivity index (χ0v) is 7.62. The summed E-state index contributed by atoms with van der Waals surface area (Å²) < 4.78 is 4.64. The summed E-state index contributed by atoms with van der Waals surface area (Å²) in [6.07, 6.45) is 8.77. The quantitative estimate of drug-likeness (QED) is 0.498. The van der Waals surface area contributed by atoms with Crippen molar-refractivity contribution in [3.8, 4) is 0 Å². The molecule has 0 heterocycles. The summed E-state index contributed by atoms with van der Waals surface area (Å²) in [5.41, 5.74) is 1.41. The van der Waals surface area contributed by atoms with Crippen molar-refractivity contribution in [2.45, 2.75) is 6.92 Å². The summed E-state index contributed by atoms with van der Waals surface area (Å²) in [7, 11) is 0. The van der Waals surface area contributed by atoms with Crippen molar-refractivity contribution in [2.75, 3.05) is 6.61 Å². The monoisotopic (exact) mass is 186 g/mol. The molecule has 0 radical (unpaired) electrons. The number of esters is 1. The minimum atomic E-state index is -0.274. The van der Waals surface area contributed by atoms with Crippen molar-refractivity contribution < 1.29 is 9.53 Å². The number of hydrogen-bond acceptors (Lipinski definition) is 2. The largest absolute Gasteiger partial charge is 0.462 e. The van der Waals surface area contributed by atoms with E-state index >= 15 is 0 Å². The van der Waals surface area contributed by atoms with Crippen LogP contribution in [0.2, 0.25) is 0 Å². The molecule has 0 N–H and O–H groups in total. The van der Waals surface area contributed by atoms with E-state index in [0.29, 0.717) is 6.61 Å². The number of halogens is 1. The zero-order valence-electron chi connectivity index (χ0n) is 6.87. The molecule has 0 spiro atoms. The fraction of sp³-hybridized carbons (Fsp3) is 0.222. The third-order valence-corrected chi connectivity index (χ3v) is 1.07. The Morgan fingerprint density at radius 2 is 2.00 bits per heavy atom. The van der Waals surface area contributed by atoms with Crippen LogP contribution in [0.4, 0.5) is 0 Å². The highest BCUT2D eigenvalue weighted by Gasteiger charge is 1.84. The Hall–Kier alpha value is -1.02. The summed E-state index contributed by atoms with van der Waals surface area (Å²) in [5, 5.41) is 0. The molecule has 0 fully saturated rings. The van der Waals surface area contributed by atoms with Gasteiger partial charge in [-0.15, -0.1) is 0 Å². The molecule has 3 heteroatoms. The Bertz CT molecular complexity index is 205. The lowest BCUT2D eigenvalue weighted by Crippen LogP contribution is -1.96. The predicted octanol–water partition coefficient (Wildman–Crippen LogP) is 2.41. The molecule has 0 saturated heterocycles. The van der Waals surface area contributed by atoms with Crippen molar-refractivity contribution in [2.24, 2.45) is 0 Å². The van der Waals surface area contributed by atoms with Gasteiger partial charge in [-0.05, 0) is 6.08 Å². The first-order valence-corrected chi connectivity index (χ1v) is 3.93. The second kappa shape index (κ2) is 8.08. The Morgan fingerprint density at radius 3 is 2.58 bits per heavy atom. The van der Waals surface area contributed by atoms with Crippen LogP contribution in [0, 0.1) is 0 Å². The first-order valence-electron chi connectivity index (χ1n) is 3.49. The minimum absolute atomic E-state index is 0.274. The van der Waals surface area contributed by atoms with Crippen LogP contribution in [0.25, 0.3) is 0 Å². The van der Waals surface area contributed by atoms with Crippen molar-refractivity contribution in [3.63, 3.8) is 0 Å². The molecule has 12 heavy (non-hydrogen) atoms. The number of allylic oxidation sites excluding steroid dienone is 4. The Kier molecular flexibility index (Phi) is 7.39. The van der Waals surface area contributed by atoms with Crippen LogP contribution < -0.4 is 0 Å². The first kappa shape index (κ1) is 11.0. The maximum atomic E-state index is 10.3. The van der Waals surface area contributed by atoms with Gasteiger partial charge in [-0.3, -0.25) is 4.79 Å². The summed E-state index contributed by atoms with van der Waals surface area (Å²) in [5.74, 6) is -0.274. The van der Waals surface area contributed by atoms with Crippen molar-refractivity contribution in [3.05, 3.63) is 35.9 Å². The van der Waals surface area contributed by atoms with E-state index in [2.05, 4.69) is 4.74 Å². The van der Waals surface area contributed by atoms with Crippen LogP contribution in [0.5, 0.6) is 0 Å². The van der Waals surface area contributed by atoms with Gasteiger partial charge >= 0.3 is 5.97 Å². The molecule has 0 unspecified atom stereocenters. The van der Waals surface area contributed by atoms with Gasteiger partial charge in [0.1, 0.15) is 6.61 Å². The lowest BCUT2D eigenvalue weighted by atomic mass is 10.4. The minimum Gasteiger partial charge on any atom is -0.462 e. The van der Waals surface area contributed by atoms with Crippen LogP contribution in [0.1, 0.15) is 6.92 Å². The topological polar surface area (TPSA) is 26.3 Å². The van der Waals surface area contributed by atoms with Gasteiger partial charge in [-0.25, -0.2) is 0 Å². The van der Waals surface area contributed by atoms with E-state index in [1.807, 2.05) is 0 Å². The molecule has 0 atom stereocenters. The van der Waals surface area contributed by atoms with Gasteiger partial charge in [-0.1, -0.05) is 35.9 Å². The summed E-state index contributed by atoms with van der Waals surface area (Å²) in [4.78, 5) is 10.3. The number of carbonyl (C=O) groups excluding carboxylic acids is 1. The third-order valence-electron chi connectivity index (χ3n) is 0.925. The molecule has 0 aromatic rings. The highest BCUT2D eigenvalue weighted by Crippen LogP contribution is 1.83. The molecule has 66 valence electrons. The normalized spacial score (nSPS) is 11.8. The second-order valence-corrected chi connectivity index (χ2v) is 2.19. The molecule has 0 rings (SSSR count). The Morgan fingerprint density at radius 1 is 1.33 bits per heavy atom. The lowest BCUT2D eigenvalue weighted by Gasteiger charge is -1.92. The van der Waals surface area contributed by atoms with Gasteiger partial charge < -0.3 is 4.74 Å². The van der Waals surface area contributed by atoms with E-state index in [4.69, 9.17) is 11.6 Å². The molecular formula is C9H11ClO2. The molecule has 0 aromatic carbocycles. The molecule has 2 nitrogen and oxygen atoms in total. The second-order valence-electron chi connectivity index (χ2n) is 1.93. The predicted molar refractivity (Wildman–Crippen MR) is 49.9 cm³/mol. The molecule has 0 aliphatic heterocycles. The summed E-state index contributed by atoms with van der Waals surface area (Å²) in [6, 6.07) is 0. The Labute approximate surface area is 77.2 Å². The third kappa shape index (κ3) is 8.98.